The van der Waals surface area contributed by atoms with E-state index in [4.69, 9.17) is 0 Å². The highest BCUT2D eigenvalue weighted by atomic mass is 28.3. The zero-order valence-electron chi connectivity index (χ0n) is 14.6. The van der Waals surface area contributed by atoms with E-state index in [0.29, 0.717) is 12.2 Å². The van der Waals surface area contributed by atoms with E-state index in [1.165, 1.54) is 10.8 Å². The van der Waals surface area contributed by atoms with Gasteiger partial charge in [-0.1, -0.05) is 85.9 Å². The number of carbonyl (C=O) groups is 1. The van der Waals surface area contributed by atoms with Gasteiger partial charge in [0.25, 0.3) is 0 Å². The molecule has 3 heteroatoms. The molecule has 23 heavy (non-hydrogen) atoms. The highest BCUT2D eigenvalue weighted by Gasteiger charge is 2.37. The Kier molecular flexibility index (Phi) is 5.78. The predicted molar refractivity (Wildman–Crippen MR) is 100 cm³/mol. The first kappa shape index (κ1) is 17.5. The van der Waals surface area contributed by atoms with E-state index in [-0.39, 0.29) is 5.91 Å². The summed E-state index contributed by atoms with van der Waals surface area (Å²) in [5.41, 5.74) is 1.49. The minimum Gasteiger partial charge on any atom is -0.338 e. The predicted octanol–water partition coefficient (Wildman–Crippen LogP) is 3.97. The summed E-state index contributed by atoms with van der Waals surface area (Å²) in [4.78, 5) is 14.5. The van der Waals surface area contributed by atoms with Gasteiger partial charge in [-0.2, -0.15) is 0 Å². The molecule has 2 aromatic rings. The Balaban J connectivity index is 2.33. The van der Waals surface area contributed by atoms with Crippen LogP contribution in [0.5, 0.6) is 0 Å². The van der Waals surface area contributed by atoms with Crippen molar-refractivity contribution in [1.82, 2.24) is 4.90 Å². The van der Waals surface area contributed by atoms with Crippen LogP contribution in [0.15, 0.2) is 60.7 Å². The maximum atomic E-state index is 12.4. The van der Waals surface area contributed by atoms with Crippen LogP contribution in [0.4, 0.5) is 0 Å². The average Bonchev–Trinajstić information content (AvgIpc) is 2.56. The number of amides is 1. The number of benzene rings is 2. The van der Waals surface area contributed by atoms with Crippen LogP contribution in [0.2, 0.25) is 13.1 Å². The lowest BCUT2D eigenvalue weighted by Gasteiger charge is -2.40. The van der Waals surface area contributed by atoms with Crippen molar-refractivity contribution in [1.29, 1.82) is 0 Å². The lowest BCUT2D eigenvalue weighted by atomic mass is 10.2. The minimum absolute atomic E-state index is 0.164. The van der Waals surface area contributed by atoms with Gasteiger partial charge >= 0.3 is 0 Å². The van der Waals surface area contributed by atoms with Gasteiger partial charge in [0.2, 0.25) is 5.91 Å². The molecule has 0 fully saturated rings. The number of hydrogen-bond acceptors (Lipinski definition) is 1. The topological polar surface area (TPSA) is 20.3 Å². The molecule has 0 N–H and O–H groups in total. The Morgan fingerprint density at radius 1 is 1.00 bits per heavy atom. The average molecular weight is 326 g/mol. The molecule has 1 atom stereocenters. The normalized spacial score (nSPS) is 12.7. The third-order valence-electron chi connectivity index (χ3n) is 4.71. The maximum absolute atomic E-state index is 12.4. The summed E-state index contributed by atoms with van der Waals surface area (Å²) >= 11 is 0. The minimum atomic E-state index is -1.78. The van der Waals surface area contributed by atoms with Crippen LogP contribution < -0.4 is 5.19 Å². The number of hydrogen-bond donors (Lipinski definition) is 0. The summed E-state index contributed by atoms with van der Waals surface area (Å²) in [6, 6.07) is 21.0. The first-order valence-corrected chi connectivity index (χ1v) is 11.4. The second-order valence-electron chi connectivity index (χ2n) is 6.64. The van der Waals surface area contributed by atoms with Gasteiger partial charge in [-0.15, -0.1) is 0 Å². The van der Waals surface area contributed by atoms with E-state index in [9.17, 15) is 4.79 Å². The van der Waals surface area contributed by atoms with Crippen LogP contribution in [0.1, 0.15) is 25.8 Å². The molecule has 0 saturated heterocycles. The summed E-state index contributed by atoms with van der Waals surface area (Å²) in [6.45, 7) is 9.33. The second kappa shape index (κ2) is 7.60. The standard InChI is InChI=1S/C20H27NOSi/c1-5-20(23(3,4)19-14-10-7-11-15-19)21(17(2)22)16-18-12-8-6-9-13-18/h6-15,20H,5,16H2,1-4H3. The molecule has 0 aliphatic carbocycles. The Labute approximate surface area is 141 Å². The molecule has 2 nitrogen and oxygen atoms in total. The fourth-order valence-electron chi connectivity index (χ4n) is 3.40. The van der Waals surface area contributed by atoms with Crippen LogP contribution >= 0.6 is 0 Å². The van der Waals surface area contributed by atoms with Crippen molar-refractivity contribution in [3.05, 3.63) is 66.2 Å². The molecule has 0 radical (unpaired) electrons. The fraction of sp³-hybridized carbons (Fsp3) is 0.350. The second-order valence-corrected chi connectivity index (χ2v) is 11.3. The molecule has 0 aliphatic rings. The van der Waals surface area contributed by atoms with E-state index in [1.54, 1.807) is 6.92 Å². The number of carbonyl (C=O) groups excluding carboxylic acids is 1. The van der Waals surface area contributed by atoms with E-state index < -0.39 is 8.07 Å². The molecule has 0 aliphatic heterocycles. The Hall–Kier alpha value is -1.87. The summed E-state index contributed by atoms with van der Waals surface area (Å²) < 4.78 is 0. The van der Waals surface area contributed by atoms with Crippen molar-refractivity contribution in [2.24, 2.45) is 0 Å². The van der Waals surface area contributed by atoms with Gasteiger partial charge in [0.15, 0.2) is 0 Å². The summed E-state index contributed by atoms with van der Waals surface area (Å²) in [5, 5.41) is 1.41. The van der Waals surface area contributed by atoms with Crippen molar-refractivity contribution >= 4 is 19.2 Å². The van der Waals surface area contributed by atoms with Gasteiger partial charge in [0.1, 0.15) is 8.07 Å². The molecular weight excluding hydrogens is 298 g/mol. The Morgan fingerprint density at radius 3 is 2.00 bits per heavy atom. The monoisotopic (exact) mass is 325 g/mol. The van der Waals surface area contributed by atoms with Gasteiger partial charge < -0.3 is 4.90 Å². The largest absolute Gasteiger partial charge is 0.338 e. The molecule has 0 saturated carbocycles. The molecule has 1 amide bonds. The van der Waals surface area contributed by atoms with Crippen molar-refractivity contribution in [2.75, 3.05) is 0 Å². The molecule has 1 unspecified atom stereocenters. The van der Waals surface area contributed by atoms with E-state index in [2.05, 4.69) is 67.4 Å². The van der Waals surface area contributed by atoms with E-state index in [0.717, 1.165) is 6.42 Å². The van der Waals surface area contributed by atoms with Crippen LogP contribution in [0, 0.1) is 0 Å². The SMILES string of the molecule is CCC(N(Cc1ccccc1)C(C)=O)[Si](C)(C)c1ccccc1. The first-order chi connectivity index (χ1) is 11.0. The number of rotatable bonds is 6. The zero-order chi connectivity index (χ0) is 16.9. The van der Waals surface area contributed by atoms with E-state index in [1.807, 2.05) is 18.2 Å². The Morgan fingerprint density at radius 2 is 1.52 bits per heavy atom. The highest BCUT2D eigenvalue weighted by Crippen LogP contribution is 2.21. The molecule has 0 heterocycles. The fourth-order valence-corrected chi connectivity index (χ4v) is 6.91. The molecule has 2 aromatic carbocycles. The van der Waals surface area contributed by atoms with E-state index >= 15 is 0 Å². The lowest BCUT2D eigenvalue weighted by Crippen LogP contribution is -2.60. The molecule has 2 rings (SSSR count). The molecule has 0 spiro atoms. The van der Waals surface area contributed by atoms with Crippen LogP contribution in [-0.2, 0) is 11.3 Å². The maximum Gasteiger partial charge on any atom is 0.219 e. The lowest BCUT2D eigenvalue weighted by molar-refractivity contribution is -0.130. The van der Waals surface area contributed by atoms with Crippen molar-refractivity contribution in [2.45, 2.75) is 45.6 Å². The third kappa shape index (κ3) is 4.11. The first-order valence-electron chi connectivity index (χ1n) is 8.33. The van der Waals surface area contributed by atoms with Gasteiger partial charge in [-0.3, -0.25) is 4.79 Å². The zero-order valence-corrected chi connectivity index (χ0v) is 15.6. The Bertz CT molecular complexity index is 625. The summed E-state index contributed by atoms with van der Waals surface area (Å²) in [6.07, 6.45) is 0.987. The van der Waals surface area contributed by atoms with Crippen LogP contribution in [-0.4, -0.2) is 24.5 Å². The molecule has 122 valence electrons. The van der Waals surface area contributed by atoms with Crippen LogP contribution in [0.3, 0.4) is 0 Å². The van der Waals surface area contributed by atoms with Gasteiger partial charge in [0, 0.05) is 19.1 Å². The van der Waals surface area contributed by atoms with Crippen molar-refractivity contribution in [3.8, 4) is 0 Å². The van der Waals surface area contributed by atoms with Crippen LogP contribution in [0.25, 0.3) is 0 Å². The third-order valence-corrected chi connectivity index (χ3v) is 8.92. The van der Waals surface area contributed by atoms with Crippen molar-refractivity contribution < 1.29 is 4.79 Å². The summed E-state index contributed by atoms with van der Waals surface area (Å²) in [5.74, 6) is 0.164. The quantitative estimate of drug-likeness (QED) is 0.736. The molecule has 0 aromatic heterocycles. The molecular formula is C20H27NOSi. The molecule has 0 bridgehead atoms. The highest BCUT2D eigenvalue weighted by molar-refractivity contribution is 6.91. The summed E-state index contributed by atoms with van der Waals surface area (Å²) in [7, 11) is -1.78. The number of nitrogens with zero attached hydrogens (tertiary/aromatic N) is 1. The van der Waals surface area contributed by atoms with Gasteiger partial charge in [-0.05, 0) is 12.0 Å². The van der Waals surface area contributed by atoms with Gasteiger partial charge in [-0.25, -0.2) is 0 Å². The van der Waals surface area contributed by atoms with Gasteiger partial charge in [0.05, 0.1) is 0 Å². The smallest absolute Gasteiger partial charge is 0.219 e. The van der Waals surface area contributed by atoms with Crippen molar-refractivity contribution in [3.63, 3.8) is 0 Å².